The average molecular weight is 600 g/mol. The Morgan fingerprint density at radius 1 is 0.977 bits per heavy atom. The summed E-state index contributed by atoms with van der Waals surface area (Å²) in [6.07, 6.45) is 0.807. The molecule has 5 rings (SSSR count). The molecule has 0 saturated carbocycles. The van der Waals surface area contributed by atoms with Crippen molar-refractivity contribution in [3.8, 4) is 11.3 Å². The number of nitrogens with one attached hydrogen (secondary N) is 2. The van der Waals surface area contributed by atoms with Crippen LogP contribution < -0.4 is 20.4 Å². The van der Waals surface area contributed by atoms with Crippen LogP contribution in [0.1, 0.15) is 33.5 Å². The van der Waals surface area contributed by atoms with Crippen LogP contribution in [0.4, 0.5) is 31.0 Å². The summed E-state index contributed by atoms with van der Waals surface area (Å²) in [6, 6.07) is 17.6. The van der Waals surface area contributed by atoms with Gasteiger partial charge in [0.2, 0.25) is 5.95 Å². The van der Waals surface area contributed by atoms with Gasteiger partial charge < -0.3 is 20.4 Å². The molecule has 44 heavy (non-hydrogen) atoms. The summed E-state index contributed by atoms with van der Waals surface area (Å²) in [5, 5.41) is 5.67. The van der Waals surface area contributed by atoms with Gasteiger partial charge in [0.15, 0.2) is 5.82 Å². The van der Waals surface area contributed by atoms with Gasteiger partial charge in [-0.15, -0.1) is 0 Å². The van der Waals surface area contributed by atoms with Crippen molar-refractivity contribution in [2.45, 2.75) is 26.4 Å². The summed E-state index contributed by atoms with van der Waals surface area (Å²) in [6.45, 7) is 3.72. The SMILES string of the molecule is Cc1ccc(C(=O)NCc2ccccc2)cc1-c1nc(N(C)CCCN(C)C)nc2c1CNC(=O)N2c1c(F)cccc1F. The van der Waals surface area contributed by atoms with E-state index < -0.39 is 23.4 Å². The largest absolute Gasteiger partial charge is 0.348 e. The van der Waals surface area contributed by atoms with Crippen LogP contribution in [0.5, 0.6) is 0 Å². The van der Waals surface area contributed by atoms with Crippen LogP contribution in [0.25, 0.3) is 11.3 Å². The maximum absolute atomic E-state index is 15.1. The van der Waals surface area contributed by atoms with Crippen LogP contribution in [0.15, 0.2) is 66.7 Å². The predicted molar refractivity (Wildman–Crippen MR) is 167 cm³/mol. The minimum Gasteiger partial charge on any atom is -0.348 e. The van der Waals surface area contributed by atoms with E-state index in [1.807, 2.05) is 69.4 Å². The molecule has 0 unspecified atom stereocenters. The second-order valence-corrected chi connectivity index (χ2v) is 11.0. The molecule has 0 fully saturated rings. The van der Waals surface area contributed by atoms with E-state index in [2.05, 4.69) is 15.5 Å². The lowest BCUT2D eigenvalue weighted by Gasteiger charge is -2.32. The number of aromatic nitrogens is 2. The minimum atomic E-state index is -0.901. The number of amides is 3. The van der Waals surface area contributed by atoms with E-state index in [-0.39, 0.29) is 24.2 Å². The number of para-hydroxylation sites is 1. The van der Waals surface area contributed by atoms with Crippen molar-refractivity contribution < 1.29 is 18.4 Å². The Bertz CT molecular complexity index is 1660. The number of fused-ring (bicyclic) bond motifs is 1. The molecule has 1 aromatic heterocycles. The Kier molecular flexibility index (Phi) is 9.15. The number of carbonyl (C=O) groups is 2. The number of aryl methyl sites for hydroxylation is 1. The summed E-state index contributed by atoms with van der Waals surface area (Å²) < 4.78 is 30.1. The highest BCUT2D eigenvalue weighted by Crippen LogP contribution is 2.39. The highest BCUT2D eigenvalue weighted by molar-refractivity contribution is 6.02. The molecule has 3 aromatic carbocycles. The van der Waals surface area contributed by atoms with E-state index in [4.69, 9.17) is 9.97 Å². The van der Waals surface area contributed by atoms with Gasteiger partial charge in [-0.2, -0.15) is 4.98 Å². The van der Waals surface area contributed by atoms with Gasteiger partial charge in [-0.05, 0) is 69.4 Å². The molecule has 228 valence electrons. The van der Waals surface area contributed by atoms with Crippen molar-refractivity contribution in [2.24, 2.45) is 0 Å². The Hall–Kier alpha value is -4.90. The van der Waals surface area contributed by atoms with Crippen LogP contribution in [0, 0.1) is 18.6 Å². The summed E-state index contributed by atoms with van der Waals surface area (Å²) in [7, 11) is 5.80. The molecule has 0 aliphatic carbocycles. The molecular formula is C33H35F2N7O2. The molecule has 4 aromatic rings. The molecule has 0 saturated heterocycles. The maximum Gasteiger partial charge on any atom is 0.328 e. The number of carbonyl (C=O) groups excluding carboxylic acids is 2. The molecule has 3 amide bonds. The smallest absolute Gasteiger partial charge is 0.328 e. The van der Waals surface area contributed by atoms with Crippen LogP contribution in [-0.4, -0.2) is 61.0 Å². The molecule has 0 spiro atoms. The Morgan fingerprint density at radius 3 is 2.41 bits per heavy atom. The molecule has 11 heteroatoms. The van der Waals surface area contributed by atoms with Gasteiger partial charge in [0.1, 0.15) is 17.3 Å². The van der Waals surface area contributed by atoms with Crippen LogP contribution in [0.3, 0.4) is 0 Å². The molecule has 1 aliphatic heterocycles. The zero-order chi connectivity index (χ0) is 31.4. The Morgan fingerprint density at radius 2 is 1.70 bits per heavy atom. The van der Waals surface area contributed by atoms with Crippen molar-refractivity contribution in [1.82, 2.24) is 25.5 Å². The van der Waals surface area contributed by atoms with E-state index in [0.29, 0.717) is 35.5 Å². The van der Waals surface area contributed by atoms with Crippen molar-refractivity contribution in [2.75, 3.05) is 44.0 Å². The molecule has 2 N–H and O–H groups in total. The molecular weight excluding hydrogens is 564 g/mol. The lowest BCUT2D eigenvalue weighted by molar-refractivity contribution is 0.0951. The summed E-state index contributed by atoms with van der Waals surface area (Å²) in [4.78, 5) is 40.8. The van der Waals surface area contributed by atoms with E-state index >= 15 is 8.78 Å². The topological polar surface area (TPSA) is 93.7 Å². The van der Waals surface area contributed by atoms with Gasteiger partial charge in [0.05, 0.1) is 12.2 Å². The van der Waals surface area contributed by atoms with Gasteiger partial charge >= 0.3 is 6.03 Å². The third-order valence-electron chi connectivity index (χ3n) is 7.46. The first kappa shape index (κ1) is 30.6. The van der Waals surface area contributed by atoms with Crippen molar-refractivity contribution in [3.63, 3.8) is 0 Å². The minimum absolute atomic E-state index is 0.0323. The number of hydrogen-bond donors (Lipinski definition) is 2. The Balaban J connectivity index is 1.61. The maximum atomic E-state index is 15.1. The van der Waals surface area contributed by atoms with Gasteiger partial charge in [0, 0.05) is 36.8 Å². The third-order valence-corrected chi connectivity index (χ3v) is 7.46. The number of hydrogen-bond acceptors (Lipinski definition) is 6. The third kappa shape index (κ3) is 6.52. The lowest BCUT2D eigenvalue weighted by Crippen LogP contribution is -2.43. The molecule has 1 aliphatic rings. The van der Waals surface area contributed by atoms with Crippen LogP contribution >= 0.6 is 0 Å². The summed E-state index contributed by atoms with van der Waals surface area (Å²) in [5.41, 5.74) is 3.27. The number of nitrogens with zero attached hydrogens (tertiary/aromatic N) is 5. The fourth-order valence-corrected chi connectivity index (χ4v) is 5.07. The first-order valence-corrected chi connectivity index (χ1v) is 14.4. The van der Waals surface area contributed by atoms with Gasteiger partial charge in [-0.25, -0.2) is 23.5 Å². The monoisotopic (exact) mass is 599 g/mol. The highest BCUT2D eigenvalue weighted by Gasteiger charge is 2.34. The number of urea groups is 1. The standard InChI is InChI=1S/C33H35F2N7O2/c1-21-14-15-23(31(43)36-19-22-10-6-5-7-11-22)18-24(21)28-25-20-37-33(44)42(29-26(34)12-8-13-27(29)35)30(25)39-32(38-28)41(4)17-9-16-40(2)3/h5-8,10-15,18H,9,16-17,19-20H2,1-4H3,(H,36,43)(H,37,44). The van der Waals surface area contributed by atoms with E-state index in [1.165, 1.54) is 6.07 Å². The average Bonchev–Trinajstić information content (AvgIpc) is 3.00. The first-order valence-electron chi connectivity index (χ1n) is 14.4. The van der Waals surface area contributed by atoms with Crippen molar-refractivity contribution in [1.29, 1.82) is 0 Å². The van der Waals surface area contributed by atoms with E-state index in [0.717, 1.165) is 41.1 Å². The number of anilines is 3. The number of benzene rings is 3. The quantitative estimate of drug-likeness (QED) is 0.253. The molecule has 9 nitrogen and oxygen atoms in total. The fourth-order valence-electron chi connectivity index (χ4n) is 5.07. The predicted octanol–water partition coefficient (Wildman–Crippen LogP) is 5.41. The Labute approximate surface area is 255 Å². The number of rotatable bonds is 10. The number of halogens is 2. The molecule has 0 atom stereocenters. The normalized spacial score (nSPS) is 12.6. The molecule has 0 bridgehead atoms. The van der Waals surface area contributed by atoms with Gasteiger partial charge in [-0.3, -0.25) is 4.79 Å². The lowest BCUT2D eigenvalue weighted by atomic mass is 9.97. The zero-order valence-corrected chi connectivity index (χ0v) is 25.2. The first-order chi connectivity index (χ1) is 21.1. The molecule has 2 heterocycles. The van der Waals surface area contributed by atoms with E-state index in [1.54, 1.807) is 12.1 Å². The van der Waals surface area contributed by atoms with Crippen molar-refractivity contribution in [3.05, 3.63) is 101 Å². The van der Waals surface area contributed by atoms with Gasteiger partial charge in [-0.1, -0.05) is 42.5 Å². The summed E-state index contributed by atoms with van der Waals surface area (Å²) >= 11 is 0. The summed E-state index contributed by atoms with van der Waals surface area (Å²) in [5.74, 6) is -1.70. The van der Waals surface area contributed by atoms with Gasteiger partial charge in [0.25, 0.3) is 5.91 Å². The zero-order valence-electron chi connectivity index (χ0n) is 25.2. The fraction of sp³-hybridized carbons (Fsp3) is 0.273. The van der Waals surface area contributed by atoms with Crippen LogP contribution in [-0.2, 0) is 13.1 Å². The van der Waals surface area contributed by atoms with Crippen molar-refractivity contribution >= 4 is 29.4 Å². The second kappa shape index (κ2) is 13.2. The van der Waals surface area contributed by atoms with E-state index in [9.17, 15) is 9.59 Å². The molecule has 0 radical (unpaired) electrons. The highest BCUT2D eigenvalue weighted by atomic mass is 19.1. The van der Waals surface area contributed by atoms with Crippen LogP contribution in [0.2, 0.25) is 0 Å². The second-order valence-electron chi connectivity index (χ2n) is 11.0.